The Hall–Kier alpha value is -3.15. The quantitative estimate of drug-likeness (QED) is 0.869. The second-order valence-electron chi connectivity index (χ2n) is 5.90. The van der Waals surface area contributed by atoms with E-state index in [2.05, 4.69) is 5.32 Å². The lowest BCUT2D eigenvalue weighted by atomic mass is 10.0. The normalized spacial score (nSPS) is 14.3. The maximum absolute atomic E-state index is 12.5. The van der Waals surface area contributed by atoms with Crippen molar-refractivity contribution in [1.29, 1.82) is 0 Å². The molecule has 3 amide bonds. The first-order valence-electron chi connectivity index (χ1n) is 7.83. The van der Waals surface area contributed by atoms with Crippen molar-refractivity contribution in [2.75, 3.05) is 14.2 Å². The molecule has 6 heteroatoms. The minimum atomic E-state index is -0.391. The summed E-state index contributed by atoms with van der Waals surface area (Å²) in [5.41, 5.74) is 1.86. The van der Waals surface area contributed by atoms with E-state index >= 15 is 0 Å². The molecule has 2 aromatic rings. The molecule has 2 aromatic carbocycles. The monoisotopic (exact) mass is 338 g/mol. The molecule has 0 fully saturated rings. The SMILES string of the molecule is COc1ccc(C(C)NC(=O)c2ccc3c(c2)C(=O)N(C)C3=O)cc1. The fourth-order valence-corrected chi connectivity index (χ4v) is 2.76. The minimum absolute atomic E-state index is 0.216. The van der Waals surface area contributed by atoms with E-state index in [1.54, 1.807) is 13.2 Å². The van der Waals surface area contributed by atoms with Gasteiger partial charge >= 0.3 is 0 Å². The van der Waals surface area contributed by atoms with Crippen LogP contribution in [0.25, 0.3) is 0 Å². The van der Waals surface area contributed by atoms with Gasteiger partial charge in [-0.15, -0.1) is 0 Å². The van der Waals surface area contributed by atoms with Gasteiger partial charge in [0.25, 0.3) is 17.7 Å². The first kappa shape index (κ1) is 16.7. The number of nitrogens with one attached hydrogen (secondary N) is 1. The van der Waals surface area contributed by atoms with Gasteiger partial charge in [0, 0.05) is 12.6 Å². The molecule has 3 rings (SSSR count). The number of hydrogen-bond acceptors (Lipinski definition) is 4. The Morgan fingerprint density at radius 2 is 1.68 bits per heavy atom. The maximum Gasteiger partial charge on any atom is 0.261 e. The number of nitrogens with zero attached hydrogens (tertiary/aromatic N) is 1. The van der Waals surface area contributed by atoms with E-state index in [1.807, 2.05) is 31.2 Å². The molecule has 1 N–H and O–H groups in total. The van der Waals surface area contributed by atoms with Crippen LogP contribution in [0.3, 0.4) is 0 Å². The van der Waals surface area contributed by atoms with Crippen molar-refractivity contribution in [2.24, 2.45) is 0 Å². The van der Waals surface area contributed by atoms with Crippen LogP contribution in [0.4, 0.5) is 0 Å². The van der Waals surface area contributed by atoms with E-state index in [0.29, 0.717) is 11.1 Å². The molecular formula is C19H18N2O4. The summed E-state index contributed by atoms with van der Waals surface area (Å²) in [6.07, 6.45) is 0. The predicted octanol–water partition coefficient (Wildman–Crippen LogP) is 2.41. The zero-order chi connectivity index (χ0) is 18.1. The molecule has 6 nitrogen and oxygen atoms in total. The van der Waals surface area contributed by atoms with Crippen LogP contribution in [0.5, 0.6) is 5.75 Å². The van der Waals surface area contributed by atoms with Gasteiger partial charge in [-0.1, -0.05) is 12.1 Å². The number of carbonyl (C=O) groups is 3. The third-order valence-corrected chi connectivity index (χ3v) is 4.32. The highest BCUT2D eigenvalue weighted by molar-refractivity contribution is 6.21. The van der Waals surface area contributed by atoms with Gasteiger partial charge in [-0.25, -0.2) is 0 Å². The zero-order valence-electron chi connectivity index (χ0n) is 14.2. The molecule has 0 aliphatic carbocycles. The van der Waals surface area contributed by atoms with Crippen molar-refractivity contribution in [3.05, 3.63) is 64.7 Å². The van der Waals surface area contributed by atoms with Gasteiger partial charge in [0.1, 0.15) is 5.75 Å². The van der Waals surface area contributed by atoms with Gasteiger partial charge in [0.05, 0.1) is 24.3 Å². The lowest BCUT2D eigenvalue weighted by molar-refractivity contribution is 0.0693. The maximum atomic E-state index is 12.5. The van der Waals surface area contributed by atoms with Crippen LogP contribution in [-0.2, 0) is 0 Å². The van der Waals surface area contributed by atoms with Crippen molar-refractivity contribution < 1.29 is 19.1 Å². The highest BCUT2D eigenvalue weighted by Gasteiger charge is 2.33. The third kappa shape index (κ3) is 2.98. The van der Waals surface area contributed by atoms with Crippen LogP contribution in [0, 0.1) is 0 Å². The summed E-state index contributed by atoms with van der Waals surface area (Å²) < 4.78 is 5.12. The highest BCUT2D eigenvalue weighted by Crippen LogP contribution is 2.23. The smallest absolute Gasteiger partial charge is 0.261 e. The van der Waals surface area contributed by atoms with Gasteiger partial charge in [0.15, 0.2) is 0 Å². The van der Waals surface area contributed by atoms with E-state index in [4.69, 9.17) is 4.74 Å². The van der Waals surface area contributed by atoms with Gasteiger partial charge in [0.2, 0.25) is 0 Å². The van der Waals surface area contributed by atoms with Crippen LogP contribution >= 0.6 is 0 Å². The van der Waals surface area contributed by atoms with Gasteiger partial charge in [-0.05, 0) is 42.8 Å². The predicted molar refractivity (Wildman–Crippen MR) is 91.7 cm³/mol. The fraction of sp³-hybridized carbons (Fsp3) is 0.211. The summed E-state index contributed by atoms with van der Waals surface area (Å²) in [7, 11) is 3.02. The largest absolute Gasteiger partial charge is 0.497 e. The molecule has 0 radical (unpaired) electrons. The van der Waals surface area contributed by atoms with E-state index in [0.717, 1.165) is 16.2 Å². The molecule has 1 heterocycles. The number of ether oxygens (including phenoxy) is 1. The van der Waals surface area contributed by atoms with Crippen LogP contribution in [-0.4, -0.2) is 36.8 Å². The summed E-state index contributed by atoms with van der Waals surface area (Å²) >= 11 is 0. The Morgan fingerprint density at radius 1 is 1.04 bits per heavy atom. The van der Waals surface area contributed by atoms with E-state index in [9.17, 15) is 14.4 Å². The number of hydrogen-bond donors (Lipinski definition) is 1. The molecule has 0 saturated carbocycles. The van der Waals surface area contributed by atoms with Crippen LogP contribution in [0.15, 0.2) is 42.5 Å². The van der Waals surface area contributed by atoms with Gasteiger partial charge in [-0.3, -0.25) is 19.3 Å². The Morgan fingerprint density at radius 3 is 2.32 bits per heavy atom. The van der Waals surface area contributed by atoms with Gasteiger partial charge < -0.3 is 10.1 Å². The molecule has 0 spiro atoms. The Kier molecular flexibility index (Phi) is 4.27. The molecule has 1 aliphatic rings. The number of carbonyl (C=O) groups excluding carboxylic acids is 3. The first-order chi connectivity index (χ1) is 11.9. The van der Waals surface area contributed by atoms with Crippen molar-refractivity contribution in [1.82, 2.24) is 10.2 Å². The topological polar surface area (TPSA) is 75.7 Å². The van der Waals surface area contributed by atoms with Crippen molar-refractivity contribution in [3.63, 3.8) is 0 Å². The zero-order valence-corrected chi connectivity index (χ0v) is 14.2. The molecule has 128 valence electrons. The number of amides is 3. The Balaban J connectivity index is 1.78. The molecule has 1 aliphatic heterocycles. The molecule has 0 saturated heterocycles. The van der Waals surface area contributed by atoms with Gasteiger partial charge in [-0.2, -0.15) is 0 Å². The summed E-state index contributed by atoms with van der Waals surface area (Å²) in [5.74, 6) is -0.300. The first-order valence-corrected chi connectivity index (χ1v) is 7.83. The number of benzene rings is 2. The minimum Gasteiger partial charge on any atom is -0.497 e. The molecule has 25 heavy (non-hydrogen) atoms. The lowest BCUT2D eigenvalue weighted by Gasteiger charge is -2.15. The molecular weight excluding hydrogens is 320 g/mol. The molecule has 0 aromatic heterocycles. The van der Waals surface area contributed by atoms with Crippen LogP contribution < -0.4 is 10.1 Å². The third-order valence-electron chi connectivity index (χ3n) is 4.32. The summed E-state index contributed by atoms with van der Waals surface area (Å²) in [4.78, 5) is 37.5. The second-order valence-corrected chi connectivity index (χ2v) is 5.90. The fourth-order valence-electron chi connectivity index (χ4n) is 2.76. The molecule has 1 atom stereocenters. The van der Waals surface area contributed by atoms with Crippen LogP contribution in [0.1, 0.15) is 49.6 Å². The van der Waals surface area contributed by atoms with Crippen LogP contribution in [0.2, 0.25) is 0 Å². The van der Waals surface area contributed by atoms with Crippen molar-refractivity contribution in [2.45, 2.75) is 13.0 Å². The van der Waals surface area contributed by atoms with E-state index in [1.165, 1.54) is 19.2 Å². The Bertz CT molecular complexity index is 858. The van der Waals surface area contributed by atoms with E-state index in [-0.39, 0.29) is 23.4 Å². The van der Waals surface area contributed by atoms with E-state index < -0.39 is 5.91 Å². The Labute approximate surface area is 145 Å². The number of fused-ring (bicyclic) bond motifs is 1. The standard InChI is InChI=1S/C19H18N2O4/c1-11(12-4-7-14(25-3)8-5-12)20-17(22)13-6-9-15-16(10-13)19(24)21(2)18(15)23/h4-11H,1-3H3,(H,20,22). The average Bonchev–Trinajstić information content (AvgIpc) is 2.85. The number of methoxy groups -OCH3 is 1. The van der Waals surface area contributed by atoms with Crippen molar-refractivity contribution >= 4 is 17.7 Å². The number of rotatable bonds is 4. The summed E-state index contributed by atoms with van der Waals surface area (Å²) in [6.45, 7) is 1.87. The van der Waals surface area contributed by atoms with Crippen molar-refractivity contribution in [3.8, 4) is 5.75 Å². The average molecular weight is 338 g/mol. The highest BCUT2D eigenvalue weighted by atomic mass is 16.5. The molecule has 1 unspecified atom stereocenters. The molecule has 0 bridgehead atoms. The summed E-state index contributed by atoms with van der Waals surface area (Å²) in [6, 6.07) is 11.7. The second kappa shape index (κ2) is 6.39. The summed E-state index contributed by atoms with van der Waals surface area (Å²) in [5, 5.41) is 2.89. The number of imide groups is 1. The lowest BCUT2D eigenvalue weighted by Crippen LogP contribution is -2.27.